The summed E-state index contributed by atoms with van der Waals surface area (Å²) < 4.78 is 0.789. The van der Waals surface area contributed by atoms with Crippen LogP contribution in [0.1, 0.15) is 29.8 Å². The molecule has 1 aliphatic rings. The highest BCUT2D eigenvalue weighted by Crippen LogP contribution is 2.34. The van der Waals surface area contributed by atoms with Crippen LogP contribution in [0.4, 0.5) is 11.6 Å². The van der Waals surface area contributed by atoms with Gasteiger partial charge in [-0.3, -0.25) is 0 Å². The molecule has 0 saturated heterocycles. The first-order chi connectivity index (χ1) is 8.24. The van der Waals surface area contributed by atoms with E-state index in [9.17, 15) is 0 Å². The number of aromatic nitrogens is 2. The molecule has 90 valence electrons. The van der Waals surface area contributed by atoms with Crippen molar-refractivity contribution in [1.29, 1.82) is 0 Å². The van der Waals surface area contributed by atoms with Crippen molar-refractivity contribution in [2.45, 2.75) is 32.6 Å². The molecule has 0 amide bonds. The van der Waals surface area contributed by atoms with E-state index in [0.29, 0.717) is 0 Å². The van der Waals surface area contributed by atoms with Gasteiger partial charge < -0.3 is 10.3 Å². The van der Waals surface area contributed by atoms with Crippen molar-refractivity contribution in [3.63, 3.8) is 0 Å². The molecule has 0 unspecified atom stereocenters. The Morgan fingerprint density at radius 3 is 2.94 bits per heavy atom. The van der Waals surface area contributed by atoms with Crippen molar-refractivity contribution in [2.75, 3.05) is 5.32 Å². The van der Waals surface area contributed by atoms with E-state index in [1.54, 1.807) is 11.3 Å². The molecule has 2 N–H and O–H groups in total. The number of rotatable bonds is 2. The van der Waals surface area contributed by atoms with E-state index in [-0.39, 0.29) is 0 Å². The largest absolute Gasteiger partial charge is 0.328 e. The number of imidazole rings is 1. The third kappa shape index (κ3) is 2.07. The maximum atomic E-state index is 6.14. The van der Waals surface area contributed by atoms with Crippen LogP contribution in [0.25, 0.3) is 0 Å². The lowest BCUT2D eigenvalue weighted by Crippen LogP contribution is -2.00. The fraction of sp³-hybridized carbons (Fsp3) is 0.417. The number of nitrogens with zero attached hydrogens (tertiary/aromatic N) is 1. The Bertz CT molecular complexity index is 501. The average Bonchev–Trinajstić information content (AvgIpc) is 2.87. The van der Waals surface area contributed by atoms with Crippen molar-refractivity contribution in [3.8, 4) is 0 Å². The summed E-state index contributed by atoms with van der Waals surface area (Å²) in [6.07, 6.45) is 4.70. The maximum absolute atomic E-state index is 6.14. The molecule has 0 spiro atoms. The summed E-state index contributed by atoms with van der Waals surface area (Å²) in [5.41, 5.74) is 4.63. The highest BCUT2D eigenvalue weighted by Gasteiger charge is 2.15. The Morgan fingerprint density at radius 2 is 2.24 bits per heavy atom. The van der Waals surface area contributed by atoms with Gasteiger partial charge in [-0.05, 0) is 43.6 Å². The third-order valence-corrected chi connectivity index (χ3v) is 4.47. The van der Waals surface area contributed by atoms with Gasteiger partial charge in [-0.15, -0.1) is 11.3 Å². The minimum Gasteiger partial charge on any atom is -0.328 e. The smallest absolute Gasteiger partial charge is 0.205 e. The van der Waals surface area contributed by atoms with E-state index >= 15 is 0 Å². The van der Waals surface area contributed by atoms with Crippen molar-refractivity contribution < 1.29 is 0 Å². The second-order valence-electron chi connectivity index (χ2n) is 4.41. The topological polar surface area (TPSA) is 40.7 Å². The lowest BCUT2D eigenvalue weighted by atomic mass is 10.0. The summed E-state index contributed by atoms with van der Waals surface area (Å²) in [4.78, 5) is 7.94. The second-order valence-corrected chi connectivity index (χ2v) is 5.89. The summed E-state index contributed by atoms with van der Waals surface area (Å²) in [6, 6.07) is 0. The summed E-state index contributed by atoms with van der Waals surface area (Å²) >= 11 is 7.68. The Morgan fingerprint density at radius 1 is 1.41 bits per heavy atom. The predicted molar refractivity (Wildman–Crippen MR) is 72.6 cm³/mol. The monoisotopic (exact) mass is 267 g/mol. The molecule has 3 nitrogen and oxygen atoms in total. The Kier molecular flexibility index (Phi) is 2.84. The molecule has 2 heterocycles. The molecule has 2 aromatic rings. The molecule has 17 heavy (non-hydrogen) atoms. The van der Waals surface area contributed by atoms with Crippen LogP contribution in [0.15, 0.2) is 5.38 Å². The average molecular weight is 268 g/mol. The predicted octanol–water partition coefficient (Wildman–Crippen LogP) is 4.06. The first-order valence-corrected chi connectivity index (χ1v) is 7.08. The molecule has 3 rings (SSSR count). The van der Waals surface area contributed by atoms with Crippen LogP contribution in [-0.2, 0) is 12.8 Å². The fourth-order valence-electron chi connectivity index (χ4n) is 2.19. The van der Waals surface area contributed by atoms with Crippen molar-refractivity contribution in [2.24, 2.45) is 0 Å². The van der Waals surface area contributed by atoms with Gasteiger partial charge in [0, 0.05) is 5.69 Å². The zero-order valence-corrected chi connectivity index (χ0v) is 11.2. The number of hydrogen-bond donors (Lipinski definition) is 2. The van der Waals surface area contributed by atoms with Gasteiger partial charge in [-0.2, -0.15) is 0 Å². The molecule has 0 aromatic carbocycles. The van der Waals surface area contributed by atoms with Crippen molar-refractivity contribution in [1.82, 2.24) is 9.97 Å². The number of H-pyrrole nitrogens is 1. The van der Waals surface area contributed by atoms with E-state index < -0.39 is 0 Å². The van der Waals surface area contributed by atoms with Gasteiger partial charge in [0.2, 0.25) is 5.95 Å². The molecule has 0 atom stereocenters. The van der Waals surface area contributed by atoms with Crippen LogP contribution in [0, 0.1) is 6.92 Å². The summed E-state index contributed by atoms with van der Waals surface area (Å²) in [7, 11) is 0. The lowest BCUT2D eigenvalue weighted by molar-refractivity contribution is 0.667. The van der Waals surface area contributed by atoms with Gasteiger partial charge in [0.1, 0.15) is 4.34 Å². The number of thiophene rings is 1. The normalized spacial score (nSPS) is 14.7. The van der Waals surface area contributed by atoms with E-state index in [1.807, 2.05) is 12.3 Å². The summed E-state index contributed by atoms with van der Waals surface area (Å²) in [5.74, 6) is 0.820. The Balaban J connectivity index is 1.88. The summed E-state index contributed by atoms with van der Waals surface area (Å²) in [5, 5.41) is 5.34. The SMILES string of the molecule is Cc1csc(Cl)c1Nc1nc2c([nH]1)CCCC2. The quantitative estimate of drug-likeness (QED) is 0.862. The molecule has 0 bridgehead atoms. The van der Waals surface area contributed by atoms with Crippen LogP contribution in [0.2, 0.25) is 4.34 Å². The zero-order valence-electron chi connectivity index (χ0n) is 9.64. The number of halogens is 1. The van der Waals surface area contributed by atoms with Gasteiger partial charge in [-0.25, -0.2) is 4.98 Å². The minimum atomic E-state index is 0.789. The molecule has 0 fully saturated rings. The van der Waals surface area contributed by atoms with Gasteiger partial charge in [0.05, 0.1) is 11.4 Å². The molecular formula is C12H14ClN3S. The standard InChI is InChI=1S/C12H14ClN3S/c1-7-6-17-11(13)10(7)16-12-14-8-4-2-3-5-9(8)15-12/h6H,2-5H2,1H3,(H2,14,15,16). The Hall–Kier alpha value is -1.00. The fourth-order valence-corrected chi connectivity index (χ4v) is 3.25. The summed E-state index contributed by atoms with van der Waals surface area (Å²) in [6.45, 7) is 2.05. The zero-order chi connectivity index (χ0) is 11.8. The highest BCUT2D eigenvalue weighted by atomic mass is 35.5. The number of nitrogens with one attached hydrogen (secondary N) is 2. The van der Waals surface area contributed by atoms with E-state index in [0.717, 1.165) is 34.4 Å². The van der Waals surface area contributed by atoms with E-state index in [1.165, 1.54) is 24.2 Å². The molecule has 0 radical (unpaired) electrons. The van der Waals surface area contributed by atoms with Crippen LogP contribution < -0.4 is 5.32 Å². The Labute approximate surface area is 109 Å². The van der Waals surface area contributed by atoms with Crippen molar-refractivity contribution >= 4 is 34.6 Å². The van der Waals surface area contributed by atoms with Gasteiger partial charge in [0.15, 0.2) is 0 Å². The number of anilines is 2. The first-order valence-electron chi connectivity index (χ1n) is 5.82. The number of aryl methyl sites for hydroxylation is 3. The van der Waals surface area contributed by atoms with Gasteiger partial charge in [-0.1, -0.05) is 11.6 Å². The van der Waals surface area contributed by atoms with Crippen LogP contribution in [-0.4, -0.2) is 9.97 Å². The minimum absolute atomic E-state index is 0.789. The highest BCUT2D eigenvalue weighted by molar-refractivity contribution is 7.15. The maximum Gasteiger partial charge on any atom is 0.205 e. The van der Waals surface area contributed by atoms with Gasteiger partial charge in [0.25, 0.3) is 0 Å². The van der Waals surface area contributed by atoms with E-state index in [4.69, 9.17) is 11.6 Å². The second kappa shape index (κ2) is 4.35. The van der Waals surface area contributed by atoms with Crippen LogP contribution >= 0.6 is 22.9 Å². The molecule has 0 aliphatic heterocycles. The lowest BCUT2D eigenvalue weighted by Gasteiger charge is -2.07. The van der Waals surface area contributed by atoms with E-state index in [2.05, 4.69) is 15.3 Å². The molecule has 2 aromatic heterocycles. The first kappa shape index (κ1) is 11.1. The molecule has 5 heteroatoms. The molecular weight excluding hydrogens is 254 g/mol. The van der Waals surface area contributed by atoms with Crippen LogP contribution in [0.5, 0.6) is 0 Å². The molecule has 0 saturated carbocycles. The molecule has 1 aliphatic carbocycles. The van der Waals surface area contributed by atoms with Crippen molar-refractivity contribution in [3.05, 3.63) is 26.7 Å². The third-order valence-electron chi connectivity index (χ3n) is 3.13. The number of aromatic amines is 1. The number of fused-ring (bicyclic) bond motifs is 1. The van der Waals surface area contributed by atoms with Gasteiger partial charge >= 0.3 is 0 Å². The van der Waals surface area contributed by atoms with Crippen LogP contribution in [0.3, 0.4) is 0 Å². The number of hydrogen-bond acceptors (Lipinski definition) is 3.